The van der Waals surface area contributed by atoms with Crippen molar-refractivity contribution >= 4 is 12.0 Å². The van der Waals surface area contributed by atoms with Crippen molar-refractivity contribution in [2.75, 3.05) is 13.1 Å². The van der Waals surface area contributed by atoms with Crippen LogP contribution in [0.5, 0.6) is 0 Å². The van der Waals surface area contributed by atoms with E-state index < -0.39 is 17.7 Å². The Morgan fingerprint density at radius 3 is 2.29 bits per heavy atom. The van der Waals surface area contributed by atoms with E-state index in [-0.39, 0.29) is 5.91 Å². The molecule has 1 aromatic rings. The van der Waals surface area contributed by atoms with Crippen molar-refractivity contribution < 1.29 is 14.3 Å². The second kappa shape index (κ2) is 7.69. The van der Waals surface area contributed by atoms with Crippen LogP contribution in [0.3, 0.4) is 0 Å². The highest BCUT2D eigenvalue weighted by molar-refractivity contribution is 5.87. The molecule has 1 N–H and O–H groups in total. The lowest BCUT2D eigenvalue weighted by Crippen LogP contribution is -2.46. The van der Waals surface area contributed by atoms with Crippen molar-refractivity contribution in [3.8, 4) is 0 Å². The van der Waals surface area contributed by atoms with E-state index in [4.69, 9.17) is 4.74 Å². The molecule has 1 aliphatic rings. The molecule has 0 bridgehead atoms. The fraction of sp³-hybridized carbons (Fsp3) is 0.579. The molecule has 0 radical (unpaired) electrons. The number of rotatable bonds is 3. The number of likely N-dealkylation sites (tertiary alicyclic amines) is 1. The molecule has 0 saturated carbocycles. The van der Waals surface area contributed by atoms with Crippen LogP contribution in [0.15, 0.2) is 30.3 Å². The van der Waals surface area contributed by atoms with Crippen LogP contribution in [-0.4, -0.2) is 35.6 Å². The molecule has 1 fully saturated rings. The number of piperidine rings is 1. The summed E-state index contributed by atoms with van der Waals surface area (Å²) in [7, 11) is 0. The van der Waals surface area contributed by atoms with Gasteiger partial charge in [-0.25, -0.2) is 4.79 Å². The molecule has 1 heterocycles. The minimum Gasteiger partial charge on any atom is -0.444 e. The minimum absolute atomic E-state index is 0.0704. The van der Waals surface area contributed by atoms with Gasteiger partial charge in [-0.05, 0) is 45.1 Å². The number of benzene rings is 1. The Hall–Kier alpha value is -2.04. The summed E-state index contributed by atoms with van der Waals surface area (Å²) in [4.78, 5) is 27.0. The summed E-state index contributed by atoms with van der Waals surface area (Å²) in [6.45, 7) is 9.09. The summed E-state index contributed by atoms with van der Waals surface area (Å²) in [6.07, 6.45) is 1.43. The van der Waals surface area contributed by atoms with Gasteiger partial charge >= 0.3 is 6.09 Å². The van der Waals surface area contributed by atoms with E-state index in [9.17, 15) is 9.59 Å². The number of hydrogen-bond acceptors (Lipinski definition) is 3. The number of amides is 2. The minimum atomic E-state index is -0.713. The average Bonchev–Trinajstić information content (AvgIpc) is 2.52. The van der Waals surface area contributed by atoms with Crippen LogP contribution in [0.25, 0.3) is 0 Å². The molecule has 1 atom stereocenters. The lowest BCUT2D eigenvalue weighted by atomic mass is 9.97. The molecule has 5 nitrogen and oxygen atoms in total. The third kappa shape index (κ3) is 5.25. The number of nitrogens with zero attached hydrogens (tertiary/aromatic N) is 1. The number of nitrogens with one attached hydrogen (secondary N) is 1. The molecule has 0 aliphatic carbocycles. The fourth-order valence-corrected chi connectivity index (χ4v) is 2.77. The van der Waals surface area contributed by atoms with Gasteiger partial charge in [-0.1, -0.05) is 37.3 Å². The van der Waals surface area contributed by atoms with E-state index in [0.717, 1.165) is 31.5 Å². The smallest absolute Gasteiger partial charge is 0.408 e. The van der Waals surface area contributed by atoms with Gasteiger partial charge in [0.25, 0.3) is 0 Å². The topological polar surface area (TPSA) is 58.6 Å². The molecule has 5 heteroatoms. The van der Waals surface area contributed by atoms with Crippen molar-refractivity contribution in [3.05, 3.63) is 35.9 Å². The molecule has 1 saturated heterocycles. The maximum atomic E-state index is 13.0. The summed E-state index contributed by atoms with van der Waals surface area (Å²) in [5.41, 5.74) is 0.168. The van der Waals surface area contributed by atoms with Gasteiger partial charge in [0.2, 0.25) is 5.91 Å². The maximum Gasteiger partial charge on any atom is 0.408 e. The number of hydrogen-bond donors (Lipinski definition) is 1. The molecule has 1 aromatic carbocycles. The Bertz CT molecular complexity index is 558. The van der Waals surface area contributed by atoms with E-state index in [1.807, 2.05) is 35.2 Å². The lowest BCUT2D eigenvalue weighted by molar-refractivity contribution is -0.135. The van der Waals surface area contributed by atoms with E-state index in [0.29, 0.717) is 5.92 Å². The summed E-state index contributed by atoms with van der Waals surface area (Å²) in [6, 6.07) is 8.62. The third-order valence-corrected chi connectivity index (χ3v) is 4.14. The highest BCUT2D eigenvalue weighted by Gasteiger charge is 2.30. The monoisotopic (exact) mass is 332 g/mol. The lowest BCUT2D eigenvalue weighted by Gasteiger charge is -2.33. The van der Waals surface area contributed by atoms with Crippen LogP contribution >= 0.6 is 0 Å². The van der Waals surface area contributed by atoms with Crippen LogP contribution in [0, 0.1) is 5.92 Å². The predicted octanol–water partition coefficient (Wildman–Crippen LogP) is 3.51. The first-order valence-corrected chi connectivity index (χ1v) is 8.59. The van der Waals surface area contributed by atoms with Gasteiger partial charge < -0.3 is 15.0 Å². The molecule has 1 aliphatic heterocycles. The van der Waals surface area contributed by atoms with Crippen LogP contribution in [0.1, 0.15) is 52.1 Å². The zero-order chi connectivity index (χ0) is 17.7. The number of carbonyl (C=O) groups excluding carboxylic acids is 2. The Morgan fingerprint density at radius 1 is 1.17 bits per heavy atom. The average molecular weight is 332 g/mol. The first kappa shape index (κ1) is 18.3. The second-order valence-corrected chi connectivity index (χ2v) is 7.50. The first-order valence-electron chi connectivity index (χ1n) is 8.59. The standard InChI is InChI=1S/C19H28N2O3/c1-14-10-12-21(13-11-14)17(22)16(15-8-6-5-7-9-15)20-18(23)24-19(2,3)4/h5-9,14,16H,10-13H2,1-4H3,(H,20,23)/t16-/m1/s1. The Kier molecular flexibility index (Phi) is 5.86. The molecular formula is C19H28N2O3. The largest absolute Gasteiger partial charge is 0.444 e. The van der Waals surface area contributed by atoms with E-state index in [2.05, 4.69) is 12.2 Å². The molecule has 0 spiro atoms. The van der Waals surface area contributed by atoms with Crippen molar-refractivity contribution in [2.24, 2.45) is 5.92 Å². The van der Waals surface area contributed by atoms with Crippen LogP contribution < -0.4 is 5.32 Å². The quantitative estimate of drug-likeness (QED) is 0.921. The van der Waals surface area contributed by atoms with Gasteiger partial charge in [-0.2, -0.15) is 0 Å². The second-order valence-electron chi connectivity index (χ2n) is 7.50. The summed E-state index contributed by atoms with van der Waals surface area (Å²) in [5, 5.41) is 2.75. The van der Waals surface area contributed by atoms with Gasteiger partial charge in [0.1, 0.15) is 11.6 Å². The van der Waals surface area contributed by atoms with Gasteiger partial charge in [-0.3, -0.25) is 4.79 Å². The van der Waals surface area contributed by atoms with Gasteiger partial charge in [-0.15, -0.1) is 0 Å². The molecule has 24 heavy (non-hydrogen) atoms. The highest BCUT2D eigenvalue weighted by Crippen LogP contribution is 2.22. The van der Waals surface area contributed by atoms with Gasteiger partial charge in [0, 0.05) is 13.1 Å². The highest BCUT2D eigenvalue weighted by atomic mass is 16.6. The van der Waals surface area contributed by atoms with Gasteiger partial charge in [0.15, 0.2) is 0 Å². The van der Waals surface area contributed by atoms with Crippen LogP contribution in [-0.2, 0) is 9.53 Å². The van der Waals surface area contributed by atoms with Crippen LogP contribution in [0.4, 0.5) is 4.79 Å². The fourth-order valence-electron chi connectivity index (χ4n) is 2.77. The zero-order valence-corrected chi connectivity index (χ0v) is 15.0. The van der Waals surface area contributed by atoms with Gasteiger partial charge in [0.05, 0.1) is 0 Å². The Labute approximate surface area is 144 Å². The molecule has 0 aromatic heterocycles. The number of carbonyl (C=O) groups is 2. The Balaban J connectivity index is 2.14. The van der Waals surface area contributed by atoms with Crippen molar-refractivity contribution in [1.82, 2.24) is 10.2 Å². The van der Waals surface area contributed by atoms with Crippen LogP contribution in [0.2, 0.25) is 0 Å². The van der Waals surface area contributed by atoms with E-state index in [1.165, 1.54) is 0 Å². The molecule has 132 valence electrons. The summed E-state index contributed by atoms with van der Waals surface area (Å²) in [5.74, 6) is 0.571. The zero-order valence-electron chi connectivity index (χ0n) is 15.0. The molecule has 2 rings (SSSR count). The predicted molar refractivity (Wildman–Crippen MR) is 93.5 cm³/mol. The Morgan fingerprint density at radius 2 is 1.75 bits per heavy atom. The molecular weight excluding hydrogens is 304 g/mol. The first-order chi connectivity index (χ1) is 11.3. The van der Waals surface area contributed by atoms with E-state index in [1.54, 1.807) is 20.8 Å². The van der Waals surface area contributed by atoms with E-state index >= 15 is 0 Å². The summed E-state index contributed by atoms with van der Waals surface area (Å²) < 4.78 is 5.32. The number of ether oxygens (including phenoxy) is 1. The third-order valence-electron chi connectivity index (χ3n) is 4.14. The maximum absolute atomic E-state index is 13.0. The molecule has 0 unspecified atom stereocenters. The van der Waals surface area contributed by atoms with Crippen molar-refractivity contribution in [3.63, 3.8) is 0 Å². The SMILES string of the molecule is CC1CCN(C(=O)[C@H](NC(=O)OC(C)(C)C)c2ccccc2)CC1. The number of alkyl carbamates (subject to hydrolysis) is 1. The normalized spacial score (nSPS) is 17.2. The molecule has 2 amide bonds. The van der Waals surface area contributed by atoms with Crippen molar-refractivity contribution in [2.45, 2.75) is 52.2 Å². The van der Waals surface area contributed by atoms with Crippen molar-refractivity contribution in [1.29, 1.82) is 0 Å². The summed E-state index contributed by atoms with van der Waals surface area (Å²) >= 11 is 0.